The average Bonchev–Trinajstić information content (AvgIpc) is 2.92. The van der Waals surface area contributed by atoms with E-state index in [4.69, 9.17) is 0 Å². The Labute approximate surface area is 244 Å². The van der Waals surface area contributed by atoms with Crippen molar-refractivity contribution in [3.05, 3.63) is 6.92 Å². The summed E-state index contributed by atoms with van der Waals surface area (Å²) in [5.74, 6) is 0.716. The SMILES string of the molecule is [CH2]C(CCCCCCCCCCCCCC)CCCCCCCCCCCCCCCCCCCCCC. The third kappa shape index (κ3) is 34.0. The monoisotopic (exact) mass is 534 g/mol. The fourth-order valence-corrected chi connectivity index (χ4v) is 6.11. The molecular weight excluding hydrogens is 456 g/mol. The van der Waals surface area contributed by atoms with Crippen molar-refractivity contribution < 1.29 is 0 Å². The smallest absolute Gasteiger partial charge is 0.0414 e. The molecule has 229 valence electrons. The van der Waals surface area contributed by atoms with E-state index in [9.17, 15) is 0 Å². The maximum absolute atomic E-state index is 4.45. The summed E-state index contributed by atoms with van der Waals surface area (Å²) in [5, 5.41) is 0. The number of hydrogen-bond donors (Lipinski definition) is 0. The summed E-state index contributed by atoms with van der Waals surface area (Å²) >= 11 is 0. The Bertz CT molecular complexity index is 385. The van der Waals surface area contributed by atoms with Gasteiger partial charge in [-0.25, -0.2) is 0 Å². The largest absolute Gasteiger partial charge is 0.0654 e. The highest BCUT2D eigenvalue weighted by Gasteiger charge is 2.02. The Kier molecular flexibility index (Phi) is 35.0. The van der Waals surface area contributed by atoms with Crippen LogP contribution in [-0.2, 0) is 0 Å². The van der Waals surface area contributed by atoms with Crippen LogP contribution in [0.2, 0.25) is 0 Å². The van der Waals surface area contributed by atoms with Crippen LogP contribution < -0.4 is 0 Å². The van der Waals surface area contributed by atoms with Gasteiger partial charge in [-0.2, -0.15) is 0 Å². The van der Waals surface area contributed by atoms with Gasteiger partial charge in [-0.3, -0.25) is 0 Å². The van der Waals surface area contributed by atoms with Crippen molar-refractivity contribution in [2.45, 2.75) is 232 Å². The van der Waals surface area contributed by atoms with Crippen LogP contribution in [0.15, 0.2) is 0 Å². The summed E-state index contributed by atoms with van der Waals surface area (Å²) < 4.78 is 0. The molecule has 1 atom stereocenters. The van der Waals surface area contributed by atoms with Crippen LogP contribution in [0.1, 0.15) is 232 Å². The summed E-state index contributed by atoms with van der Waals surface area (Å²) in [6.07, 6.45) is 49.6. The lowest BCUT2D eigenvalue weighted by atomic mass is 9.95. The normalized spacial score (nSPS) is 12.4. The second-order valence-electron chi connectivity index (χ2n) is 13.0. The van der Waals surface area contributed by atoms with Crippen molar-refractivity contribution in [1.82, 2.24) is 0 Å². The molecule has 1 unspecified atom stereocenters. The minimum atomic E-state index is 0.716. The van der Waals surface area contributed by atoms with E-state index in [2.05, 4.69) is 20.8 Å². The Morgan fingerprint density at radius 2 is 0.421 bits per heavy atom. The molecule has 0 saturated heterocycles. The molecule has 0 heterocycles. The first-order chi connectivity index (χ1) is 18.8. The van der Waals surface area contributed by atoms with Crippen molar-refractivity contribution in [3.63, 3.8) is 0 Å². The van der Waals surface area contributed by atoms with Crippen molar-refractivity contribution >= 4 is 0 Å². The van der Waals surface area contributed by atoms with Gasteiger partial charge in [0.25, 0.3) is 0 Å². The predicted octanol–water partition coefficient (Wildman–Crippen LogP) is 14.7. The van der Waals surface area contributed by atoms with Crippen molar-refractivity contribution in [2.75, 3.05) is 0 Å². The zero-order valence-electron chi connectivity index (χ0n) is 27.3. The number of hydrogen-bond acceptors (Lipinski definition) is 0. The highest BCUT2D eigenvalue weighted by atomic mass is 14.1. The van der Waals surface area contributed by atoms with E-state index in [1.54, 1.807) is 0 Å². The van der Waals surface area contributed by atoms with Gasteiger partial charge in [0.05, 0.1) is 0 Å². The van der Waals surface area contributed by atoms with Crippen LogP contribution in [0, 0.1) is 12.8 Å². The molecule has 0 aromatic carbocycles. The van der Waals surface area contributed by atoms with Gasteiger partial charge in [0.1, 0.15) is 0 Å². The molecule has 0 aliphatic carbocycles. The van der Waals surface area contributed by atoms with E-state index in [1.807, 2.05) is 0 Å². The van der Waals surface area contributed by atoms with Gasteiger partial charge in [-0.15, -0.1) is 0 Å². The van der Waals surface area contributed by atoms with E-state index < -0.39 is 0 Å². The van der Waals surface area contributed by atoms with E-state index in [-0.39, 0.29) is 0 Å². The zero-order chi connectivity index (χ0) is 27.6. The van der Waals surface area contributed by atoms with Gasteiger partial charge >= 0.3 is 0 Å². The highest BCUT2D eigenvalue weighted by Crippen LogP contribution is 2.19. The molecule has 0 spiro atoms. The van der Waals surface area contributed by atoms with Crippen LogP contribution in [0.25, 0.3) is 0 Å². The molecule has 1 radical (unpaired) electrons. The van der Waals surface area contributed by atoms with E-state index in [1.165, 1.54) is 218 Å². The molecule has 0 heteroatoms. The van der Waals surface area contributed by atoms with Gasteiger partial charge in [0, 0.05) is 0 Å². The number of unbranched alkanes of at least 4 members (excludes halogenated alkanes) is 30. The second kappa shape index (κ2) is 35.0. The first-order valence-electron chi connectivity index (χ1n) is 18.6. The molecule has 0 saturated carbocycles. The third-order valence-electron chi connectivity index (χ3n) is 8.93. The Morgan fingerprint density at radius 3 is 0.605 bits per heavy atom. The molecule has 0 rings (SSSR count). The maximum Gasteiger partial charge on any atom is -0.0414 e. The number of rotatable bonds is 34. The summed E-state index contributed by atoms with van der Waals surface area (Å²) in [4.78, 5) is 0. The third-order valence-corrected chi connectivity index (χ3v) is 8.93. The van der Waals surface area contributed by atoms with Gasteiger partial charge in [-0.05, 0) is 5.92 Å². The molecule has 0 N–H and O–H groups in total. The fraction of sp³-hybridized carbons (Fsp3) is 0.974. The van der Waals surface area contributed by atoms with Crippen molar-refractivity contribution in [3.8, 4) is 0 Å². The topological polar surface area (TPSA) is 0 Å². The van der Waals surface area contributed by atoms with E-state index >= 15 is 0 Å². The van der Waals surface area contributed by atoms with Gasteiger partial charge in [0.15, 0.2) is 0 Å². The fourth-order valence-electron chi connectivity index (χ4n) is 6.11. The summed E-state index contributed by atoms with van der Waals surface area (Å²) in [6, 6.07) is 0. The molecule has 0 aromatic heterocycles. The van der Waals surface area contributed by atoms with Crippen LogP contribution >= 0.6 is 0 Å². The van der Waals surface area contributed by atoms with E-state index in [0.29, 0.717) is 5.92 Å². The molecule has 0 aliphatic heterocycles. The molecule has 0 nitrogen and oxygen atoms in total. The van der Waals surface area contributed by atoms with Crippen LogP contribution in [0.4, 0.5) is 0 Å². The van der Waals surface area contributed by atoms with E-state index in [0.717, 1.165) is 0 Å². The maximum atomic E-state index is 4.45. The minimum Gasteiger partial charge on any atom is -0.0654 e. The average molecular weight is 534 g/mol. The standard InChI is InChI=1S/C38H77/c1-4-6-8-10-12-14-16-18-19-20-21-22-23-24-25-27-29-31-33-35-37-38(3)36-34-32-30-28-26-17-15-13-11-9-7-5-2/h38H,3-37H2,1-2H3. The van der Waals surface area contributed by atoms with Gasteiger partial charge in [-0.1, -0.05) is 239 Å². The van der Waals surface area contributed by atoms with Gasteiger partial charge < -0.3 is 0 Å². The first kappa shape index (κ1) is 38.0. The Hall–Kier alpha value is 0. The first-order valence-corrected chi connectivity index (χ1v) is 18.6. The lowest BCUT2D eigenvalue weighted by molar-refractivity contribution is 0.459. The molecule has 0 amide bonds. The summed E-state index contributed by atoms with van der Waals surface area (Å²) in [7, 11) is 0. The second-order valence-corrected chi connectivity index (χ2v) is 13.0. The summed E-state index contributed by atoms with van der Waals surface area (Å²) in [6.45, 7) is 9.06. The quantitative estimate of drug-likeness (QED) is 0.0721. The van der Waals surface area contributed by atoms with Crippen LogP contribution in [0.5, 0.6) is 0 Å². The van der Waals surface area contributed by atoms with Crippen LogP contribution in [-0.4, -0.2) is 0 Å². The zero-order valence-corrected chi connectivity index (χ0v) is 27.3. The molecule has 0 fully saturated rings. The lowest BCUT2D eigenvalue weighted by Gasteiger charge is -2.11. The minimum absolute atomic E-state index is 0.716. The lowest BCUT2D eigenvalue weighted by Crippen LogP contribution is -1.95. The van der Waals surface area contributed by atoms with Crippen molar-refractivity contribution in [1.29, 1.82) is 0 Å². The Morgan fingerprint density at radius 1 is 0.263 bits per heavy atom. The van der Waals surface area contributed by atoms with Crippen LogP contribution in [0.3, 0.4) is 0 Å². The summed E-state index contributed by atoms with van der Waals surface area (Å²) in [5.41, 5.74) is 0. The highest BCUT2D eigenvalue weighted by molar-refractivity contribution is 4.62. The predicted molar refractivity (Wildman–Crippen MR) is 177 cm³/mol. The van der Waals surface area contributed by atoms with Crippen molar-refractivity contribution in [2.24, 2.45) is 5.92 Å². The Balaban J connectivity index is 3.12. The van der Waals surface area contributed by atoms with Gasteiger partial charge in [0.2, 0.25) is 0 Å². The molecule has 0 aliphatic rings. The molecule has 0 bridgehead atoms. The molecule has 0 aromatic rings. The molecular formula is C38H77. The molecule has 38 heavy (non-hydrogen) atoms.